The number of carbonyl (C=O) groups is 1. The molecule has 1 saturated carbocycles. The lowest BCUT2D eigenvalue weighted by atomic mass is 10.2. The summed E-state index contributed by atoms with van der Waals surface area (Å²) >= 11 is 0. The molecule has 16 heavy (non-hydrogen) atoms. The standard InChI is InChI=1S/C11H20N2O2.ClH/c1-2-13(8-3-4-8)11(14)10-6-5-9(7-12)15-10;/h8-10H,2-7,12H2,1H3;1H/t9-,10+;/m1./s1. The molecule has 0 aromatic rings. The van der Waals surface area contributed by atoms with Crippen LogP contribution in [0.3, 0.4) is 0 Å². The fourth-order valence-corrected chi connectivity index (χ4v) is 2.23. The maximum absolute atomic E-state index is 12.1. The third-order valence-electron chi connectivity index (χ3n) is 3.26. The minimum Gasteiger partial charge on any atom is -0.364 e. The number of carbonyl (C=O) groups excluding carboxylic acids is 1. The molecule has 2 N–H and O–H groups in total. The number of nitrogens with zero attached hydrogens (tertiary/aromatic N) is 1. The topological polar surface area (TPSA) is 55.6 Å². The van der Waals surface area contributed by atoms with Crippen molar-refractivity contribution in [2.75, 3.05) is 13.1 Å². The summed E-state index contributed by atoms with van der Waals surface area (Å²) in [5.41, 5.74) is 5.53. The Kier molecular flexibility index (Phi) is 5.02. The Morgan fingerprint density at radius 1 is 1.38 bits per heavy atom. The van der Waals surface area contributed by atoms with E-state index in [-0.39, 0.29) is 30.5 Å². The molecule has 0 unspecified atom stereocenters. The Labute approximate surface area is 103 Å². The third-order valence-corrected chi connectivity index (χ3v) is 3.26. The molecule has 0 aromatic heterocycles. The summed E-state index contributed by atoms with van der Waals surface area (Å²) in [5, 5.41) is 0. The summed E-state index contributed by atoms with van der Waals surface area (Å²) in [6.07, 6.45) is 3.95. The molecule has 2 aliphatic rings. The number of hydrogen-bond acceptors (Lipinski definition) is 3. The van der Waals surface area contributed by atoms with Crippen LogP contribution in [0, 0.1) is 0 Å². The van der Waals surface area contributed by atoms with E-state index in [2.05, 4.69) is 0 Å². The van der Waals surface area contributed by atoms with Gasteiger partial charge in [-0.15, -0.1) is 12.4 Å². The van der Waals surface area contributed by atoms with Gasteiger partial charge in [0.05, 0.1) is 6.10 Å². The molecule has 1 heterocycles. The van der Waals surface area contributed by atoms with Crippen molar-refractivity contribution in [3.8, 4) is 0 Å². The number of nitrogens with two attached hydrogens (primary N) is 1. The summed E-state index contributed by atoms with van der Waals surface area (Å²) in [4.78, 5) is 14.0. The van der Waals surface area contributed by atoms with Gasteiger partial charge in [-0.1, -0.05) is 0 Å². The highest BCUT2D eigenvalue weighted by atomic mass is 35.5. The van der Waals surface area contributed by atoms with Gasteiger partial charge in [-0.25, -0.2) is 0 Å². The lowest BCUT2D eigenvalue weighted by Crippen LogP contribution is -2.40. The van der Waals surface area contributed by atoms with E-state index >= 15 is 0 Å². The number of halogens is 1. The van der Waals surface area contributed by atoms with E-state index in [1.165, 1.54) is 0 Å². The molecule has 0 spiro atoms. The second-order valence-corrected chi connectivity index (χ2v) is 4.42. The Morgan fingerprint density at radius 2 is 2.06 bits per heavy atom. The third kappa shape index (κ3) is 2.87. The average Bonchev–Trinajstić information content (AvgIpc) is 2.97. The largest absolute Gasteiger partial charge is 0.364 e. The molecule has 1 aliphatic carbocycles. The van der Waals surface area contributed by atoms with Crippen molar-refractivity contribution in [1.82, 2.24) is 4.90 Å². The maximum Gasteiger partial charge on any atom is 0.251 e. The summed E-state index contributed by atoms with van der Waals surface area (Å²) in [5.74, 6) is 0.177. The van der Waals surface area contributed by atoms with Gasteiger partial charge in [0.15, 0.2) is 0 Å². The molecule has 1 aliphatic heterocycles. The molecule has 2 fully saturated rings. The summed E-state index contributed by atoms with van der Waals surface area (Å²) < 4.78 is 5.62. The smallest absolute Gasteiger partial charge is 0.251 e. The maximum atomic E-state index is 12.1. The lowest BCUT2D eigenvalue weighted by molar-refractivity contribution is -0.143. The van der Waals surface area contributed by atoms with Gasteiger partial charge in [-0.05, 0) is 32.6 Å². The first-order chi connectivity index (χ1) is 7.26. The van der Waals surface area contributed by atoms with Crippen molar-refractivity contribution in [3.63, 3.8) is 0 Å². The fourth-order valence-electron chi connectivity index (χ4n) is 2.23. The Morgan fingerprint density at radius 3 is 2.50 bits per heavy atom. The van der Waals surface area contributed by atoms with Crippen molar-refractivity contribution in [3.05, 3.63) is 0 Å². The zero-order valence-electron chi connectivity index (χ0n) is 9.72. The zero-order valence-corrected chi connectivity index (χ0v) is 10.5. The van der Waals surface area contributed by atoms with Crippen molar-refractivity contribution in [2.45, 2.75) is 50.9 Å². The van der Waals surface area contributed by atoms with Gasteiger partial charge in [0.2, 0.25) is 0 Å². The predicted octanol–water partition coefficient (Wildman–Crippen LogP) is 0.925. The highest BCUT2D eigenvalue weighted by molar-refractivity contribution is 5.85. The summed E-state index contributed by atoms with van der Waals surface area (Å²) in [6.45, 7) is 3.36. The van der Waals surface area contributed by atoms with Crippen molar-refractivity contribution in [2.24, 2.45) is 5.73 Å². The second-order valence-electron chi connectivity index (χ2n) is 4.42. The molecule has 2 atom stereocenters. The SMILES string of the molecule is CCN(C(=O)[C@@H]1CC[C@H](CN)O1)C1CC1.Cl. The Bertz CT molecular complexity index is 246. The average molecular weight is 249 g/mol. The van der Waals surface area contributed by atoms with Crippen LogP contribution < -0.4 is 5.73 Å². The molecular formula is C11H21ClN2O2. The van der Waals surface area contributed by atoms with Crippen LogP contribution in [-0.2, 0) is 9.53 Å². The Balaban J connectivity index is 0.00000128. The molecule has 1 saturated heterocycles. The number of hydrogen-bond donors (Lipinski definition) is 1. The number of likely N-dealkylation sites (N-methyl/N-ethyl adjacent to an activating group) is 1. The number of ether oxygens (including phenoxy) is 1. The lowest BCUT2D eigenvalue weighted by Gasteiger charge is -2.23. The van der Waals surface area contributed by atoms with Crippen LogP contribution in [0.5, 0.6) is 0 Å². The van der Waals surface area contributed by atoms with Crippen LogP contribution >= 0.6 is 12.4 Å². The van der Waals surface area contributed by atoms with Gasteiger partial charge < -0.3 is 15.4 Å². The monoisotopic (exact) mass is 248 g/mol. The van der Waals surface area contributed by atoms with Crippen LogP contribution in [0.1, 0.15) is 32.6 Å². The highest BCUT2D eigenvalue weighted by Crippen LogP contribution is 2.29. The van der Waals surface area contributed by atoms with Gasteiger partial charge in [0, 0.05) is 19.1 Å². The van der Waals surface area contributed by atoms with Gasteiger partial charge in [-0.3, -0.25) is 4.79 Å². The highest BCUT2D eigenvalue weighted by Gasteiger charge is 2.38. The zero-order chi connectivity index (χ0) is 10.8. The van der Waals surface area contributed by atoms with Gasteiger partial charge in [0.25, 0.3) is 5.91 Å². The first-order valence-electron chi connectivity index (χ1n) is 5.92. The van der Waals surface area contributed by atoms with Crippen LogP contribution in [0.15, 0.2) is 0 Å². The van der Waals surface area contributed by atoms with Crippen LogP contribution in [-0.4, -0.2) is 42.1 Å². The normalized spacial score (nSPS) is 28.6. The van der Waals surface area contributed by atoms with Crippen molar-refractivity contribution < 1.29 is 9.53 Å². The van der Waals surface area contributed by atoms with Crippen LogP contribution in [0.25, 0.3) is 0 Å². The van der Waals surface area contributed by atoms with Crippen LogP contribution in [0.4, 0.5) is 0 Å². The molecule has 2 rings (SSSR count). The van der Waals surface area contributed by atoms with E-state index in [4.69, 9.17) is 10.5 Å². The molecule has 4 nitrogen and oxygen atoms in total. The second kappa shape index (κ2) is 5.84. The van der Waals surface area contributed by atoms with E-state index in [0.717, 1.165) is 32.2 Å². The number of amides is 1. The minimum atomic E-state index is -0.223. The summed E-state index contributed by atoms with van der Waals surface area (Å²) in [6, 6.07) is 0.489. The molecule has 0 radical (unpaired) electrons. The number of rotatable bonds is 4. The molecule has 1 amide bonds. The van der Waals surface area contributed by atoms with Gasteiger partial charge in [0.1, 0.15) is 6.10 Å². The van der Waals surface area contributed by atoms with Crippen molar-refractivity contribution in [1.29, 1.82) is 0 Å². The Hall–Kier alpha value is -0.320. The summed E-state index contributed by atoms with van der Waals surface area (Å²) in [7, 11) is 0. The molecule has 94 valence electrons. The quantitative estimate of drug-likeness (QED) is 0.805. The molecule has 0 aromatic carbocycles. The van der Waals surface area contributed by atoms with Crippen molar-refractivity contribution >= 4 is 18.3 Å². The fraction of sp³-hybridized carbons (Fsp3) is 0.909. The molecule has 5 heteroatoms. The first kappa shape index (κ1) is 13.7. The van der Waals surface area contributed by atoms with E-state index in [9.17, 15) is 4.79 Å². The van der Waals surface area contributed by atoms with E-state index < -0.39 is 0 Å². The predicted molar refractivity (Wildman–Crippen MR) is 64.6 cm³/mol. The van der Waals surface area contributed by atoms with Crippen LogP contribution in [0.2, 0.25) is 0 Å². The molecule has 0 bridgehead atoms. The van der Waals surface area contributed by atoms with Gasteiger partial charge in [-0.2, -0.15) is 0 Å². The van der Waals surface area contributed by atoms with Gasteiger partial charge >= 0.3 is 0 Å². The van der Waals surface area contributed by atoms with E-state index in [0.29, 0.717) is 12.6 Å². The molecular weight excluding hydrogens is 228 g/mol. The minimum absolute atomic E-state index is 0. The van der Waals surface area contributed by atoms with E-state index in [1.807, 2.05) is 11.8 Å². The van der Waals surface area contributed by atoms with E-state index in [1.54, 1.807) is 0 Å². The first-order valence-corrected chi connectivity index (χ1v) is 5.92.